The lowest BCUT2D eigenvalue weighted by molar-refractivity contribution is 0.192. The number of hydrogen-bond acceptors (Lipinski definition) is 3. The summed E-state index contributed by atoms with van der Waals surface area (Å²) in [7, 11) is 3.38. The fourth-order valence-corrected chi connectivity index (χ4v) is 2.51. The van der Waals surface area contributed by atoms with E-state index in [9.17, 15) is 0 Å². The van der Waals surface area contributed by atoms with E-state index in [1.807, 2.05) is 18.2 Å². The third-order valence-electron chi connectivity index (χ3n) is 3.57. The second kappa shape index (κ2) is 15.5. The Bertz CT molecular complexity index is 501. The van der Waals surface area contributed by atoms with Crippen LogP contribution >= 0.6 is 35.6 Å². The lowest BCUT2D eigenvalue weighted by atomic mass is 10.1. The highest BCUT2D eigenvalue weighted by Crippen LogP contribution is 2.22. The minimum Gasteiger partial charge on any atom is -0.497 e. The van der Waals surface area contributed by atoms with Crippen LogP contribution in [-0.2, 0) is 11.2 Å². The molecule has 2 N–H and O–H groups in total. The molecule has 0 saturated heterocycles. The monoisotopic (exact) mass is 483 g/mol. The molecule has 0 bridgehead atoms. The molecule has 1 aromatic carbocycles. The first-order valence-electron chi connectivity index (χ1n) is 8.54. The second-order valence-corrected chi connectivity index (χ2v) is 5.86. The number of benzene rings is 1. The Kier molecular flexibility index (Phi) is 15.1. The third-order valence-corrected chi connectivity index (χ3v) is 3.92. The van der Waals surface area contributed by atoms with Crippen molar-refractivity contribution >= 4 is 41.5 Å². The summed E-state index contributed by atoms with van der Waals surface area (Å²) in [5.74, 6) is 1.63. The van der Waals surface area contributed by atoms with Gasteiger partial charge in [-0.2, -0.15) is 0 Å². The van der Waals surface area contributed by atoms with Crippen LogP contribution in [0.15, 0.2) is 23.2 Å². The van der Waals surface area contributed by atoms with Gasteiger partial charge < -0.3 is 20.1 Å². The molecule has 0 radical (unpaired) electrons. The number of hydrogen-bond donors (Lipinski definition) is 2. The van der Waals surface area contributed by atoms with Crippen LogP contribution in [0.1, 0.15) is 31.7 Å². The molecule has 1 aromatic rings. The molecule has 1 rings (SSSR count). The predicted octanol–water partition coefficient (Wildman–Crippen LogP) is 3.88. The van der Waals surface area contributed by atoms with Crippen LogP contribution in [0.3, 0.4) is 0 Å². The maximum absolute atomic E-state index is 6.26. The van der Waals surface area contributed by atoms with Crippen LogP contribution in [-0.4, -0.2) is 46.4 Å². The van der Waals surface area contributed by atoms with Crippen molar-refractivity contribution in [3.63, 3.8) is 0 Å². The SMILES string of the molecule is CCNC(=NCCCCCOC)NCCc1ccc(OC)cc1Cl.I. The van der Waals surface area contributed by atoms with Gasteiger partial charge in [-0.15, -0.1) is 24.0 Å². The van der Waals surface area contributed by atoms with Crippen molar-refractivity contribution in [1.29, 1.82) is 0 Å². The first-order valence-corrected chi connectivity index (χ1v) is 8.92. The summed E-state index contributed by atoms with van der Waals surface area (Å²) in [5.41, 5.74) is 1.10. The average molecular weight is 484 g/mol. The van der Waals surface area contributed by atoms with Crippen LogP contribution < -0.4 is 15.4 Å². The molecule has 144 valence electrons. The van der Waals surface area contributed by atoms with Gasteiger partial charge in [0, 0.05) is 38.4 Å². The molecular weight excluding hydrogens is 453 g/mol. The summed E-state index contributed by atoms with van der Waals surface area (Å²) in [6, 6.07) is 5.78. The van der Waals surface area contributed by atoms with E-state index in [2.05, 4.69) is 22.5 Å². The number of halogens is 2. The van der Waals surface area contributed by atoms with Gasteiger partial charge in [-0.25, -0.2) is 0 Å². The van der Waals surface area contributed by atoms with Crippen molar-refractivity contribution in [1.82, 2.24) is 10.6 Å². The highest BCUT2D eigenvalue weighted by atomic mass is 127. The Balaban J connectivity index is 0.00000576. The molecule has 0 aromatic heterocycles. The van der Waals surface area contributed by atoms with Gasteiger partial charge in [-0.05, 0) is 50.3 Å². The number of guanidine groups is 1. The smallest absolute Gasteiger partial charge is 0.191 e. The quantitative estimate of drug-likeness (QED) is 0.217. The zero-order valence-electron chi connectivity index (χ0n) is 15.4. The molecule has 7 heteroatoms. The van der Waals surface area contributed by atoms with E-state index in [4.69, 9.17) is 21.1 Å². The summed E-state index contributed by atoms with van der Waals surface area (Å²) in [6.45, 7) is 5.34. The van der Waals surface area contributed by atoms with Crippen molar-refractivity contribution in [3.8, 4) is 5.75 Å². The standard InChI is InChI=1S/C18H30ClN3O2.HI/c1-4-20-18(21-11-6-5-7-13-23-2)22-12-10-15-8-9-16(24-3)14-17(15)19;/h8-9,14H,4-7,10-13H2,1-3H3,(H2,20,21,22);1H. The fourth-order valence-electron chi connectivity index (χ4n) is 2.24. The van der Waals surface area contributed by atoms with Crippen LogP contribution in [0, 0.1) is 0 Å². The number of nitrogens with one attached hydrogen (secondary N) is 2. The molecule has 5 nitrogen and oxygen atoms in total. The van der Waals surface area contributed by atoms with Crippen molar-refractivity contribution in [2.24, 2.45) is 4.99 Å². The van der Waals surface area contributed by atoms with E-state index in [-0.39, 0.29) is 24.0 Å². The first kappa shape index (κ1) is 24.3. The lowest BCUT2D eigenvalue weighted by Gasteiger charge is -2.12. The molecule has 0 aliphatic heterocycles. The highest BCUT2D eigenvalue weighted by molar-refractivity contribution is 14.0. The maximum Gasteiger partial charge on any atom is 0.191 e. The molecule has 0 atom stereocenters. The van der Waals surface area contributed by atoms with Gasteiger partial charge in [0.1, 0.15) is 5.75 Å². The Morgan fingerprint density at radius 1 is 1.16 bits per heavy atom. The van der Waals surface area contributed by atoms with Gasteiger partial charge in [0.25, 0.3) is 0 Å². The van der Waals surface area contributed by atoms with Gasteiger partial charge in [-0.3, -0.25) is 4.99 Å². The maximum atomic E-state index is 6.26. The molecule has 0 aliphatic rings. The first-order chi connectivity index (χ1) is 11.7. The highest BCUT2D eigenvalue weighted by Gasteiger charge is 2.03. The van der Waals surface area contributed by atoms with E-state index in [1.165, 1.54) is 0 Å². The van der Waals surface area contributed by atoms with E-state index in [0.717, 1.165) is 74.2 Å². The van der Waals surface area contributed by atoms with E-state index in [1.54, 1.807) is 14.2 Å². The zero-order chi connectivity index (χ0) is 17.6. The van der Waals surface area contributed by atoms with E-state index >= 15 is 0 Å². The summed E-state index contributed by atoms with van der Waals surface area (Å²) < 4.78 is 10.2. The molecule has 0 heterocycles. The van der Waals surface area contributed by atoms with Crippen molar-refractivity contribution < 1.29 is 9.47 Å². The number of rotatable bonds is 11. The van der Waals surface area contributed by atoms with Crippen LogP contribution in [0.25, 0.3) is 0 Å². The molecule has 0 amide bonds. The number of unbranched alkanes of at least 4 members (excludes halogenated alkanes) is 2. The molecule has 25 heavy (non-hydrogen) atoms. The Morgan fingerprint density at radius 3 is 2.60 bits per heavy atom. The summed E-state index contributed by atoms with van der Waals surface area (Å²) in [4.78, 5) is 4.59. The fraction of sp³-hybridized carbons (Fsp3) is 0.611. The topological polar surface area (TPSA) is 54.9 Å². The normalized spacial score (nSPS) is 11.0. The number of methoxy groups -OCH3 is 2. The van der Waals surface area contributed by atoms with Crippen molar-refractivity contribution in [3.05, 3.63) is 28.8 Å². The minimum absolute atomic E-state index is 0. The summed E-state index contributed by atoms with van der Waals surface area (Å²) >= 11 is 6.26. The van der Waals surface area contributed by atoms with Gasteiger partial charge in [0.15, 0.2) is 5.96 Å². The number of nitrogens with zero attached hydrogens (tertiary/aromatic N) is 1. The van der Waals surface area contributed by atoms with Gasteiger partial charge >= 0.3 is 0 Å². The molecule has 0 aliphatic carbocycles. The van der Waals surface area contributed by atoms with Crippen molar-refractivity contribution in [2.45, 2.75) is 32.6 Å². The number of aliphatic imine (C=N–C) groups is 1. The third kappa shape index (κ3) is 10.8. The molecule has 0 fully saturated rings. The van der Waals surface area contributed by atoms with Gasteiger partial charge in [-0.1, -0.05) is 17.7 Å². The van der Waals surface area contributed by atoms with E-state index in [0.29, 0.717) is 0 Å². The lowest BCUT2D eigenvalue weighted by Crippen LogP contribution is -2.38. The predicted molar refractivity (Wildman–Crippen MR) is 117 cm³/mol. The Hall–Kier alpha value is -0.730. The molecule has 0 unspecified atom stereocenters. The second-order valence-electron chi connectivity index (χ2n) is 5.45. The van der Waals surface area contributed by atoms with Crippen LogP contribution in [0.5, 0.6) is 5.75 Å². The summed E-state index contributed by atoms with van der Waals surface area (Å²) in [5, 5.41) is 7.35. The Labute approximate surface area is 173 Å². The minimum atomic E-state index is 0. The van der Waals surface area contributed by atoms with Gasteiger partial charge in [0.05, 0.1) is 7.11 Å². The van der Waals surface area contributed by atoms with Crippen LogP contribution in [0.2, 0.25) is 5.02 Å². The molecule has 0 spiro atoms. The zero-order valence-corrected chi connectivity index (χ0v) is 18.5. The summed E-state index contributed by atoms with van der Waals surface area (Å²) in [6.07, 6.45) is 4.13. The van der Waals surface area contributed by atoms with E-state index < -0.39 is 0 Å². The van der Waals surface area contributed by atoms with Crippen molar-refractivity contribution in [2.75, 3.05) is 40.5 Å². The van der Waals surface area contributed by atoms with Gasteiger partial charge in [0.2, 0.25) is 0 Å². The largest absolute Gasteiger partial charge is 0.497 e. The average Bonchev–Trinajstić information content (AvgIpc) is 2.59. The molecular formula is C18H31ClIN3O2. The molecule has 0 saturated carbocycles. The van der Waals surface area contributed by atoms with Crippen LogP contribution in [0.4, 0.5) is 0 Å². The Morgan fingerprint density at radius 2 is 1.96 bits per heavy atom. The number of ether oxygens (including phenoxy) is 2.